The van der Waals surface area contributed by atoms with Crippen LogP contribution in [0.25, 0.3) is 11.3 Å². The molecule has 1 heterocycles. The molecule has 0 saturated carbocycles. The highest BCUT2D eigenvalue weighted by molar-refractivity contribution is 6.34. The summed E-state index contributed by atoms with van der Waals surface area (Å²) in [6.45, 7) is 1.82. The van der Waals surface area contributed by atoms with Gasteiger partial charge in [-0.2, -0.15) is 18.3 Å². The molecular formula is C23H18ClF3N2O3. The van der Waals surface area contributed by atoms with E-state index in [0.717, 1.165) is 6.07 Å². The number of aromatic nitrogens is 2. The number of aromatic amines is 1. The minimum absolute atomic E-state index is 0.0880. The second-order valence-electron chi connectivity index (χ2n) is 7.86. The Hall–Kier alpha value is -3.13. The Bertz CT molecular complexity index is 1200. The van der Waals surface area contributed by atoms with Crippen molar-refractivity contribution < 1.29 is 27.9 Å². The largest absolute Gasteiger partial charge is 0.478 e. The van der Waals surface area contributed by atoms with Gasteiger partial charge in [0.25, 0.3) is 0 Å². The Labute approximate surface area is 186 Å². The second-order valence-corrected chi connectivity index (χ2v) is 8.27. The Morgan fingerprint density at radius 2 is 1.84 bits per heavy atom. The van der Waals surface area contributed by atoms with Gasteiger partial charge < -0.3 is 5.11 Å². The molecule has 4 rings (SSSR count). The molecule has 2 aromatic carbocycles. The van der Waals surface area contributed by atoms with Gasteiger partial charge in [0, 0.05) is 22.4 Å². The summed E-state index contributed by atoms with van der Waals surface area (Å²) in [5, 5.41) is 16.1. The summed E-state index contributed by atoms with van der Waals surface area (Å²) < 4.78 is 41.0. The van der Waals surface area contributed by atoms with Gasteiger partial charge in [-0.1, -0.05) is 36.7 Å². The molecule has 32 heavy (non-hydrogen) atoms. The van der Waals surface area contributed by atoms with Gasteiger partial charge in [-0.25, -0.2) is 4.79 Å². The molecule has 2 N–H and O–H groups in total. The summed E-state index contributed by atoms with van der Waals surface area (Å²) in [6.07, 6.45) is -3.55. The molecule has 0 bridgehead atoms. The number of carbonyl (C=O) groups excluding carboxylic acids is 1. The Morgan fingerprint density at radius 3 is 2.47 bits per heavy atom. The smallest absolute Gasteiger partial charge is 0.417 e. The van der Waals surface area contributed by atoms with Gasteiger partial charge in [0.05, 0.1) is 27.8 Å². The first kappa shape index (κ1) is 22.1. The van der Waals surface area contributed by atoms with E-state index in [9.17, 15) is 22.8 Å². The fourth-order valence-electron chi connectivity index (χ4n) is 4.28. The van der Waals surface area contributed by atoms with Crippen LogP contribution in [-0.2, 0) is 12.6 Å². The molecule has 3 aromatic rings. The number of hydrogen-bond acceptors (Lipinski definition) is 3. The van der Waals surface area contributed by atoms with Gasteiger partial charge in [-0.15, -0.1) is 0 Å². The maximum Gasteiger partial charge on any atom is 0.417 e. The summed E-state index contributed by atoms with van der Waals surface area (Å²) >= 11 is 6.10. The minimum atomic E-state index is -4.73. The number of nitrogens with one attached hydrogen (secondary N) is 1. The van der Waals surface area contributed by atoms with Crippen molar-refractivity contribution in [3.8, 4) is 11.3 Å². The van der Waals surface area contributed by atoms with Crippen LogP contribution in [-0.4, -0.2) is 27.1 Å². The number of carbonyl (C=O) groups is 2. The maximum absolute atomic E-state index is 13.7. The summed E-state index contributed by atoms with van der Waals surface area (Å²) in [4.78, 5) is 24.7. The average Bonchev–Trinajstić information content (AvgIpc) is 3.16. The molecule has 5 nitrogen and oxygen atoms in total. The third-order valence-corrected chi connectivity index (χ3v) is 6.18. The fourth-order valence-corrected chi connectivity index (χ4v) is 4.55. The Balaban J connectivity index is 1.85. The van der Waals surface area contributed by atoms with Crippen molar-refractivity contribution in [2.75, 3.05) is 0 Å². The lowest BCUT2D eigenvalue weighted by Crippen LogP contribution is -2.28. The van der Waals surface area contributed by atoms with Gasteiger partial charge in [-0.3, -0.25) is 9.89 Å². The molecule has 1 aromatic heterocycles. The molecule has 0 aliphatic heterocycles. The lowest BCUT2D eigenvalue weighted by Gasteiger charge is -2.29. The van der Waals surface area contributed by atoms with E-state index in [1.807, 2.05) is 6.92 Å². The first-order chi connectivity index (χ1) is 15.1. The van der Waals surface area contributed by atoms with E-state index >= 15 is 0 Å². The average molecular weight is 463 g/mol. The second kappa shape index (κ2) is 8.09. The lowest BCUT2D eigenvalue weighted by molar-refractivity contribution is -0.137. The standard InChI is InChI=1S/C23H18ClF3N2O3/c1-11-5-10-16-19(20(29-28-16)12-6-8-13(9-7-12)22(31)32)17(11)21(30)18-14(23(25,26)27)3-2-4-15(18)24/h2-4,6-9,11,17H,5,10H2,1H3,(H,28,29)(H,31,32). The number of rotatable bonds is 4. The number of Topliss-reactive ketones (excluding diaryl/α,β-unsaturated/α-hetero) is 1. The number of halogens is 4. The molecule has 0 saturated heterocycles. The van der Waals surface area contributed by atoms with E-state index in [1.54, 1.807) is 12.1 Å². The molecule has 1 aliphatic rings. The van der Waals surface area contributed by atoms with Crippen LogP contribution in [0.2, 0.25) is 5.02 Å². The summed E-state index contributed by atoms with van der Waals surface area (Å²) in [5.74, 6) is -2.92. The first-order valence-electron chi connectivity index (χ1n) is 9.90. The van der Waals surface area contributed by atoms with Crippen LogP contribution >= 0.6 is 11.6 Å². The minimum Gasteiger partial charge on any atom is -0.478 e. The zero-order chi connectivity index (χ0) is 23.2. The fraction of sp³-hybridized carbons (Fsp3) is 0.261. The van der Waals surface area contributed by atoms with Gasteiger partial charge in [0.1, 0.15) is 0 Å². The van der Waals surface area contributed by atoms with Gasteiger partial charge >= 0.3 is 12.1 Å². The van der Waals surface area contributed by atoms with Crippen molar-refractivity contribution in [3.63, 3.8) is 0 Å². The number of hydrogen-bond donors (Lipinski definition) is 2. The van der Waals surface area contributed by atoms with Gasteiger partial charge in [0.2, 0.25) is 0 Å². The van der Waals surface area contributed by atoms with E-state index in [4.69, 9.17) is 16.7 Å². The van der Waals surface area contributed by atoms with E-state index in [0.29, 0.717) is 35.4 Å². The summed E-state index contributed by atoms with van der Waals surface area (Å²) in [7, 11) is 0. The van der Waals surface area contributed by atoms with Crippen LogP contribution in [0.3, 0.4) is 0 Å². The normalized spacial score (nSPS) is 18.3. The summed E-state index contributed by atoms with van der Waals surface area (Å²) in [6, 6.07) is 9.27. The quantitative estimate of drug-likeness (QED) is 0.466. The van der Waals surface area contributed by atoms with Crippen LogP contribution in [0.15, 0.2) is 42.5 Å². The number of benzene rings is 2. The Morgan fingerprint density at radius 1 is 1.16 bits per heavy atom. The van der Waals surface area contributed by atoms with Crippen LogP contribution < -0.4 is 0 Å². The van der Waals surface area contributed by atoms with E-state index in [2.05, 4.69) is 10.2 Å². The highest BCUT2D eigenvalue weighted by atomic mass is 35.5. The zero-order valence-corrected chi connectivity index (χ0v) is 17.6. The number of alkyl halides is 3. The van der Waals surface area contributed by atoms with Gasteiger partial charge in [-0.05, 0) is 43.0 Å². The third-order valence-electron chi connectivity index (χ3n) is 5.87. The summed E-state index contributed by atoms with van der Waals surface area (Å²) in [5.41, 5.74) is 0.677. The van der Waals surface area contributed by atoms with Crippen molar-refractivity contribution in [3.05, 3.63) is 75.4 Å². The van der Waals surface area contributed by atoms with Gasteiger partial charge in [0.15, 0.2) is 5.78 Å². The van der Waals surface area contributed by atoms with Crippen molar-refractivity contribution in [2.24, 2.45) is 5.92 Å². The zero-order valence-electron chi connectivity index (χ0n) is 16.8. The Kier molecular flexibility index (Phi) is 5.58. The molecule has 0 radical (unpaired) electrons. The molecule has 0 amide bonds. The lowest BCUT2D eigenvalue weighted by atomic mass is 9.73. The molecule has 2 atom stereocenters. The first-order valence-corrected chi connectivity index (χ1v) is 10.3. The molecule has 0 fully saturated rings. The number of fused-ring (bicyclic) bond motifs is 1. The van der Waals surface area contributed by atoms with E-state index < -0.39 is 35.0 Å². The SMILES string of the molecule is CC1CCc2[nH]nc(-c3ccc(C(=O)O)cc3)c2C1C(=O)c1c(Cl)cccc1C(F)(F)F. The maximum atomic E-state index is 13.7. The monoisotopic (exact) mass is 462 g/mol. The molecule has 2 unspecified atom stereocenters. The van der Waals surface area contributed by atoms with Crippen molar-refractivity contribution >= 4 is 23.4 Å². The number of nitrogens with zero attached hydrogens (tertiary/aromatic N) is 1. The van der Waals surface area contributed by atoms with Crippen LogP contribution in [0.1, 0.15) is 56.8 Å². The molecule has 166 valence electrons. The molecule has 0 spiro atoms. The highest BCUT2D eigenvalue weighted by Gasteiger charge is 2.42. The molecule has 9 heteroatoms. The van der Waals surface area contributed by atoms with Crippen LogP contribution in [0, 0.1) is 5.92 Å². The molecule has 1 aliphatic carbocycles. The van der Waals surface area contributed by atoms with Crippen molar-refractivity contribution in [2.45, 2.75) is 31.9 Å². The van der Waals surface area contributed by atoms with Crippen LogP contribution in [0.5, 0.6) is 0 Å². The van der Waals surface area contributed by atoms with E-state index in [1.165, 1.54) is 24.3 Å². The van der Waals surface area contributed by atoms with E-state index in [-0.39, 0.29) is 16.5 Å². The topological polar surface area (TPSA) is 83.1 Å². The molecular weight excluding hydrogens is 445 g/mol. The third kappa shape index (κ3) is 3.79. The number of carboxylic acids is 1. The number of ketones is 1. The number of aryl methyl sites for hydroxylation is 1. The number of aromatic carboxylic acids is 1. The number of H-pyrrole nitrogens is 1. The predicted molar refractivity (Wildman–Crippen MR) is 112 cm³/mol. The van der Waals surface area contributed by atoms with Crippen molar-refractivity contribution in [1.82, 2.24) is 10.2 Å². The predicted octanol–water partition coefficient (Wildman–Crippen LogP) is 6.00. The van der Waals surface area contributed by atoms with Crippen molar-refractivity contribution in [1.29, 1.82) is 0 Å². The van der Waals surface area contributed by atoms with Crippen LogP contribution in [0.4, 0.5) is 13.2 Å². The number of carboxylic acid groups (broad SMARTS) is 1. The highest BCUT2D eigenvalue weighted by Crippen LogP contribution is 2.45.